The van der Waals surface area contributed by atoms with Crippen molar-refractivity contribution in [3.05, 3.63) is 23.8 Å². The van der Waals surface area contributed by atoms with E-state index in [9.17, 15) is 9.59 Å². The Balaban J connectivity index is 1.79. The van der Waals surface area contributed by atoms with Crippen LogP contribution in [0.15, 0.2) is 12.4 Å². The van der Waals surface area contributed by atoms with Gasteiger partial charge >= 0.3 is 0 Å². The van der Waals surface area contributed by atoms with Gasteiger partial charge in [0.1, 0.15) is 5.69 Å². The highest BCUT2D eigenvalue weighted by Crippen LogP contribution is 2.33. The van der Waals surface area contributed by atoms with Crippen molar-refractivity contribution in [2.45, 2.75) is 39.5 Å². The molecular weight excluding hydrogens is 338 g/mol. The normalized spacial score (nSPS) is 15.2. The first-order chi connectivity index (χ1) is 11.9. The summed E-state index contributed by atoms with van der Waals surface area (Å²) in [6, 6.07) is 0. The summed E-state index contributed by atoms with van der Waals surface area (Å²) in [5.74, 6) is 0.299. The number of piperidine rings is 1. The van der Waals surface area contributed by atoms with Gasteiger partial charge in [0.25, 0.3) is 0 Å². The van der Waals surface area contributed by atoms with Crippen LogP contribution in [0.1, 0.15) is 44.0 Å². The highest BCUT2D eigenvalue weighted by Gasteiger charge is 2.24. The summed E-state index contributed by atoms with van der Waals surface area (Å²) < 4.78 is 0. The third-order valence-electron chi connectivity index (χ3n) is 4.32. The highest BCUT2D eigenvalue weighted by molar-refractivity contribution is 7.19. The molecule has 0 aliphatic carbocycles. The zero-order valence-electron chi connectivity index (χ0n) is 14.6. The molecule has 2 aromatic heterocycles. The van der Waals surface area contributed by atoms with Crippen LogP contribution in [0.4, 0.5) is 5.13 Å². The Hall–Kier alpha value is -2.35. The number of rotatable bonds is 3. The molecular formula is C17H21N5O2S. The Morgan fingerprint density at radius 2 is 1.92 bits per heavy atom. The summed E-state index contributed by atoms with van der Waals surface area (Å²) in [6.45, 7) is 6.50. The number of hydrogen-bond donors (Lipinski definition) is 1. The number of amides is 2. The van der Waals surface area contributed by atoms with Crippen LogP contribution in [0.2, 0.25) is 0 Å². The van der Waals surface area contributed by atoms with Gasteiger partial charge in [-0.15, -0.1) is 0 Å². The summed E-state index contributed by atoms with van der Waals surface area (Å²) in [4.78, 5) is 39.0. The molecule has 0 spiro atoms. The number of aryl methyl sites for hydroxylation is 1. The predicted molar refractivity (Wildman–Crippen MR) is 96.4 cm³/mol. The van der Waals surface area contributed by atoms with Gasteiger partial charge in [0.2, 0.25) is 11.8 Å². The maximum Gasteiger partial charge on any atom is 0.223 e. The van der Waals surface area contributed by atoms with Crippen LogP contribution in [-0.2, 0) is 9.59 Å². The lowest BCUT2D eigenvalue weighted by Crippen LogP contribution is -2.36. The molecule has 1 saturated heterocycles. The van der Waals surface area contributed by atoms with Gasteiger partial charge in [-0.25, -0.2) is 9.97 Å². The van der Waals surface area contributed by atoms with Gasteiger partial charge in [-0.3, -0.25) is 14.6 Å². The molecule has 7 nitrogen and oxygen atoms in total. The standard InChI is InChI=1S/C17H21N5O2S/c1-10-16(25-17(19-10)20-11(2)23)15-9-18-8-14(21-15)13-4-6-22(7-5-13)12(3)24/h8-9,13H,4-7H2,1-3H3,(H,19,20,23). The van der Waals surface area contributed by atoms with E-state index in [2.05, 4.69) is 15.3 Å². The van der Waals surface area contributed by atoms with Crippen molar-refractivity contribution in [1.29, 1.82) is 0 Å². The van der Waals surface area contributed by atoms with E-state index in [0.29, 0.717) is 11.0 Å². The smallest absolute Gasteiger partial charge is 0.223 e. The SMILES string of the molecule is CC(=O)Nc1nc(C)c(-c2cncc(C3CCN(C(C)=O)CC3)n2)s1. The van der Waals surface area contributed by atoms with Crippen LogP contribution in [0.25, 0.3) is 10.6 Å². The molecule has 25 heavy (non-hydrogen) atoms. The van der Waals surface area contributed by atoms with Crippen molar-refractivity contribution in [1.82, 2.24) is 19.9 Å². The monoisotopic (exact) mass is 359 g/mol. The van der Waals surface area contributed by atoms with E-state index >= 15 is 0 Å². The molecule has 0 bridgehead atoms. The van der Waals surface area contributed by atoms with Crippen molar-refractivity contribution in [3.63, 3.8) is 0 Å². The van der Waals surface area contributed by atoms with Gasteiger partial charge in [0, 0.05) is 39.1 Å². The molecule has 2 amide bonds. The molecule has 1 N–H and O–H groups in total. The summed E-state index contributed by atoms with van der Waals surface area (Å²) in [6.07, 6.45) is 5.34. The molecule has 3 heterocycles. The zero-order chi connectivity index (χ0) is 18.0. The van der Waals surface area contributed by atoms with Crippen molar-refractivity contribution in [3.8, 4) is 10.6 Å². The van der Waals surface area contributed by atoms with Crippen LogP contribution >= 0.6 is 11.3 Å². The lowest BCUT2D eigenvalue weighted by molar-refractivity contribution is -0.129. The molecule has 0 saturated carbocycles. The predicted octanol–water partition coefficient (Wildman–Crippen LogP) is 2.59. The van der Waals surface area contributed by atoms with E-state index in [1.165, 1.54) is 18.3 Å². The number of likely N-dealkylation sites (tertiary alicyclic amines) is 1. The second kappa shape index (κ2) is 7.26. The van der Waals surface area contributed by atoms with Gasteiger partial charge in [-0.1, -0.05) is 11.3 Å². The fraction of sp³-hybridized carbons (Fsp3) is 0.471. The quantitative estimate of drug-likeness (QED) is 0.910. The molecule has 132 valence electrons. The molecule has 0 atom stereocenters. The third-order valence-corrected chi connectivity index (χ3v) is 5.42. The molecule has 8 heteroatoms. The maximum atomic E-state index is 11.5. The molecule has 2 aromatic rings. The average Bonchev–Trinajstić information content (AvgIpc) is 2.94. The number of aromatic nitrogens is 3. The van der Waals surface area contributed by atoms with Gasteiger partial charge in [-0.2, -0.15) is 0 Å². The lowest BCUT2D eigenvalue weighted by atomic mass is 9.93. The zero-order valence-corrected chi connectivity index (χ0v) is 15.4. The molecule has 0 unspecified atom stereocenters. The van der Waals surface area contributed by atoms with E-state index in [4.69, 9.17) is 4.98 Å². The minimum absolute atomic E-state index is 0.129. The fourth-order valence-electron chi connectivity index (χ4n) is 3.02. The van der Waals surface area contributed by atoms with Gasteiger partial charge < -0.3 is 10.2 Å². The second-order valence-electron chi connectivity index (χ2n) is 6.22. The topological polar surface area (TPSA) is 88.1 Å². The molecule has 0 aromatic carbocycles. The number of nitrogens with one attached hydrogen (secondary N) is 1. The van der Waals surface area contributed by atoms with E-state index in [0.717, 1.165) is 47.9 Å². The van der Waals surface area contributed by atoms with Crippen LogP contribution in [-0.4, -0.2) is 44.8 Å². The Kier molecular flexibility index (Phi) is 5.08. The Labute approximate surface area is 150 Å². The largest absolute Gasteiger partial charge is 0.343 e. The number of nitrogens with zero attached hydrogens (tertiary/aromatic N) is 4. The van der Waals surface area contributed by atoms with Crippen LogP contribution in [0.5, 0.6) is 0 Å². The summed E-state index contributed by atoms with van der Waals surface area (Å²) >= 11 is 1.40. The first-order valence-electron chi connectivity index (χ1n) is 8.27. The van der Waals surface area contributed by atoms with E-state index < -0.39 is 0 Å². The fourth-order valence-corrected chi connectivity index (χ4v) is 3.98. The van der Waals surface area contributed by atoms with Crippen molar-refractivity contribution < 1.29 is 9.59 Å². The van der Waals surface area contributed by atoms with Crippen molar-refractivity contribution >= 4 is 28.3 Å². The van der Waals surface area contributed by atoms with Crippen LogP contribution < -0.4 is 5.32 Å². The molecule has 1 aliphatic heterocycles. The number of carbonyl (C=O) groups is 2. The molecule has 0 radical (unpaired) electrons. The van der Waals surface area contributed by atoms with Crippen molar-refractivity contribution in [2.24, 2.45) is 0 Å². The average molecular weight is 359 g/mol. The van der Waals surface area contributed by atoms with Gasteiger partial charge in [0.15, 0.2) is 5.13 Å². The number of hydrogen-bond acceptors (Lipinski definition) is 6. The molecule has 1 aliphatic rings. The maximum absolute atomic E-state index is 11.5. The van der Waals surface area contributed by atoms with Crippen molar-refractivity contribution in [2.75, 3.05) is 18.4 Å². The van der Waals surface area contributed by atoms with Crippen LogP contribution in [0.3, 0.4) is 0 Å². The number of thiazole rings is 1. The Morgan fingerprint density at radius 3 is 2.56 bits per heavy atom. The number of carbonyl (C=O) groups excluding carboxylic acids is 2. The van der Waals surface area contributed by atoms with Gasteiger partial charge in [0.05, 0.1) is 22.5 Å². The third kappa shape index (κ3) is 4.01. The molecule has 1 fully saturated rings. The van der Waals surface area contributed by atoms with Gasteiger partial charge in [-0.05, 0) is 19.8 Å². The Bertz CT molecular complexity index is 796. The minimum Gasteiger partial charge on any atom is -0.343 e. The first-order valence-corrected chi connectivity index (χ1v) is 9.08. The number of anilines is 1. The summed E-state index contributed by atoms with van der Waals surface area (Å²) in [5, 5.41) is 3.28. The summed E-state index contributed by atoms with van der Waals surface area (Å²) in [5.41, 5.74) is 2.55. The van der Waals surface area contributed by atoms with Crippen LogP contribution in [0, 0.1) is 6.92 Å². The first kappa shape index (κ1) is 17.5. The lowest BCUT2D eigenvalue weighted by Gasteiger charge is -2.30. The second-order valence-corrected chi connectivity index (χ2v) is 7.22. The van der Waals surface area contributed by atoms with E-state index in [1.807, 2.05) is 18.0 Å². The Morgan fingerprint density at radius 1 is 1.20 bits per heavy atom. The summed E-state index contributed by atoms with van der Waals surface area (Å²) in [7, 11) is 0. The van der Waals surface area contributed by atoms with E-state index in [1.54, 1.807) is 13.1 Å². The van der Waals surface area contributed by atoms with E-state index in [-0.39, 0.29) is 11.8 Å². The molecule has 3 rings (SSSR count). The minimum atomic E-state index is -0.141. The highest BCUT2D eigenvalue weighted by atomic mass is 32.1.